The van der Waals surface area contributed by atoms with Crippen LogP contribution in [0.25, 0.3) is 0 Å². The van der Waals surface area contributed by atoms with E-state index in [9.17, 15) is 0 Å². The fourth-order valence-electron chi connectivity index (χ4n) is 2.17. The van der Waals surface area contributed by atoms with Crippen molar-refractivity contribution in [1.82, 2.24) is 0 Å². The van der Waals surface area contributed by atoms with Crippen LogP contribution in [0.1, 0.15) is 50.3 Å². The van der Waals surface area contributed by atoms with Crippen LogP contribution in [0, 0.1) is 0 Å². The third kappa shape index (κ3) is 3.62. The molecule has 0 amide bonds. The summed E-state index contributed by atoms with van der Waals surface area (Å²) in [6.45, 7) is 6.43. The summed E-state index contributed by atoms with van der Waals surface area (Å²) in [5, 5.41) is 4.15. The molecule has 0 aliphatic heterocycles. The van der Waals surface area contributed by atoms with Gasteiger partial charge in [-0.1, -0.05) is 26.0 Å². The van der Waals surface area contributed by atoms with Crippen LogP contribution in [0.3, 0.4) is 0 Å². The number of ether oxygens (including phenoxy) is 1. The summed E-state index contributed by atoms with van der Waals surface area (Å²) in [5.41, 5.74) is 8.56. The third-order valence-electron chi connectivity index (χ3n) is 3.67. The van der Waals surface area contributed by atoms with E-state index >= 15 is 0 Å². The predicted octanol–water partition coefficient (Wildman–Crippen LogP) is 4.73. The molecule has 3 heteroatoms. The summed E-state index contributed by atoms with van der Waals surface area (Å²) < 4.78 is 6.07. The quantitative estimate of drug-likeness (QED) is 0.834. The normalized spacial score (nSPS) is 15.6. The molecule has 3 unspecified atom stereocenters. The SMILES string of the molecule is CCC(C)c1ccc(OC(c2ccsc2)C(C)N)cc1. The summed E-state index contributed by atoms with van der Waals surface area (Å²) in [5.74, 6) is 1.47. The fourth-order valence-corrected chi connectivity index (χ4v) is 2.86. The van der Waals surface area contributed by atoms with Gasteiger partial charge in [0.2, 0.25) is 0 Å². The molecule has 1 aromatic heterocycles. The van der Waals surface area contributed by atoms with E-state index in [-0.39, 0.29) is 12.1 Å². The van der Waals surface area contributed by atoms with E-state index in [1.54, 1.807) is 11.3 Å². The van der Waals surface area contributed by atoms with Crippen molar-refractivity contribution in [2.24, 2.45) is 5.73 Å². The number of hydrogen-bond acceptors (Lipinski definition) is 3. The van der Waals surface area contributed by atoms with Crippen LogP contribution in [-0.2, 0) is 0 Å². The van der Waals surface area contributed by atoms with E-state index in [1.807, 2.05) is 19.1 Å². The summed E-state index contributed by atoms with van der Waals surface area (Å²) in [6, 6.07) is 10.4. The fraction of sp³-hybridized carbons (Fsp3) is 0.412. The van der Waals surface area contributed by atoms with E-state index in [1.165, 1.54) is 5.56 Å². The molecule has 2 nitrogen and oxygen atoms in total. The Bertz CT molecular complexity index is 504. The molecule has 0 saturated heterocycles. The van der Waals surface area contributed by atoms with Crippen LogP contribution >= 0.6 is 11.3 Å². The van der Waals surface area contributed by atoms with Crippen molar-refractivity contribution >= 4 is 11.3 Å². The maximum absolute atomic E-state index is 6.07. The molecule has 20 heavy (non-hydrogen) atoms. The van der Waals surface area contributed by atoms with Gasteiger partial charge in [-0.2, -0.15) is 11.3 Å². The second kappa shape index (κ2) is 6.91. The Morgan fingerprint density at radius 2 is 1.80 bits per heavy atom. The third-order valence-corrected chi connectivity index (χ3v) is 4.38. The van der Waals surface area contributed by atoms with Crippen LogP contribution in [0.4, 0.5) is 0 Å². The Morgan fingerprint density at radius 1 is 1.10 bits per heavy atom. The van der Waals surface area contributed by atoms with Gasteiger partial charge < -0.3 is 10.5 Å². The minimum atomic E-state index is -0.0873. The van der Waals surface area contributed by atoms with Crippen LogP contribution in [0.15, 0.2) is 41.1 Å². The molecule has 0 radical (unpaired) electrons. The van der Waals surface area contributed by atoms with Gasteiger partial charge in [-0.05, 0) is 53.8 Å². The molecular formula is C17H23NOS. The van der Waals surface area contributed by atoms with Gasteiger partial charge in [0.15, 0.2) is 0 Å². The lowest BCUT2D eigenvalue weighted by Crippen LogP contribution is -2.28. The minimum absolute atomic E-state index is 0.0427. The number of nitrogens with two attached hydrogens (primary N) is 1. The summed E-state index contributed by atoms with van der Waals surface area (Å²) in [4.78, 5) is 0. The van der Waals surface area contributed by atoms with Gasteiger partial charge in [-0.3, -0.25) is 0 Å². The van der Waals surface area contributed by atoms with Gasteiger partial charge in [-0.25, -0.2) is 0 Å². The van der Waals surface area contributed by atoms with Crippen LogP contribution in [0.2, 0.25) is 0 Å². The van der Waals surface area contributed by atoms with E-state index in [0.29, 0.717) is 5.92 Å². The molecule has 2 N–H and O–H groups in total. The zero-order valence-corrected chi connectivity index (χ0v) is 13.2. The first kappa shape index (κ1) is 15.1. The molecule has 2 rings (SSSR count). The van der Waals surface area contributed by atoms with Gasteiger partial charge in [0.05, 0.1) is 0 Å². The molecule has 0 aliphatic rings. The van der Waals surface area contributed by atoms with E-state index in [0.717, 1.165) is 17.7 Å². The number of rotatable bonds is 6. The summed E-state index contributed by atoms with van der Waals surface area (Å²) in [7, 11) is 0. The summed E-state index contributed by atoms with van der Waals surface area (Å²) in [6.07, 6.45) is 1.06. The van der Waals surface area contributed by atoms with Crippen molar-refractivity contribution in [3.63, 3.8) is 0 Å². The van der Waals surface area contributed by atoms with Crippen molar-refractivity contribution in [2.75, 3.05) is 0 Å². The Labute approximate surface area is 125 Å². The molecule has 0 spiro atoms. The van der Waals surface area contributed by atoms with E-state index in [2.05, 4.69) is 42.8 Å². The van der Waals surface area contributed by atoms with Crippen molar-refractivity contribution in [3.8, 4) is 5.75 Å². The highest BCUT2D eigenvalue weighted by Gasteiger charge is 2.18. The largest absolute Gasteiger partial charge is 0.484 e. The molecule has 108 valence electrons. The Kier molecular flexibility index (Phi) is 5.21. The van der Waals surface area contributed by atoms with E-state index in [4.69, 9.17) is 10.5 Å². The number of thiophene rings is 1. The first-order valence-electron chi connectivity index (χ1n) is 7.16. The first-order chi connectivity index (χ1) is 9.61. The van der Waals surface area contributed by atoms with Gasteiger partial charge in [-0.15, -0.1) is 0 Å². The standard InChI is InChI=1S/C17H23NOS/c1-4-12(2)14-5-7-16(8-6-14)19-17(13(3)18)15-9-10-20-11-15/h5-13,17H,4,18H2,1-3H3. The van der Waals surface area contributed by atoms with Crippen molar-refractivity contribution < 1.29 is 4.74 Å². The molecule has 3 atom stereocenters. The maximum Gasteiger partial charge on any atom is 0.139 e. The van der Waals surface area contributed by atoms with Crippen molar-refractivity contribution in [2.45, 2.75) is 45.3 Å². The van der Waals surface area contributed by atoms with Crippen molar-refractivity contribution in [3.05, 3.63) is 52.2 Å². The monoisotopic (exact) mass is 289 g/mol. The highest BCUT2D eigenvalue weighted by atomic mass is 32.1. The molecule has 0 bridgehead atoms. The topological polar surface area (TPSA) is 35.2 Å². The minimum Gasteiger partial charge on any atom is -0.484 e. The second-order valence-electron chi connectivity index (χ2n) is 5.33. The Morgan fingerprint density at radius 3 is 2.30 bits per heavy atom. The van der Waals surface area contributed by atoms with E-state index < -0.39 is 0 Å². The van der Waals surface area contributed by atoms with Crippen LogP contribution in [0.5, 0.6) is 5.75 Å². The van der Waals surface area contributed by atoms with Crippen molar-refractivity contribution in [1.29, 1.82) is 0 Å². The van der Waals surface area contributed by atoms with Crippen LogP contribution in [-0.4, -0.2) is 6.04 Å². The van der Waals surface area contributed by atoms with Gasteiger partial charge in [0, 0.05) is 11.6 Å². The molecule has 2 aromatic rings. The molecule has 0 aliphatic carbocycles. The molecule has 1 heterocycles. The average Bonchev–Trinajstić information content (AvgIpc) is 2.98. The lowest BCUT2D eigenvalue weighted by Gasteiger charge is -2.22. The maximum atomic E-state index is 6.07. The van der Waals surface area contributed by atoms with Gasteiger partial charge >= 0.3 is 0 Å². The first-order valence-corrected chi connectivity index (χ1v) is 8.10. The van der Waals surface area contributed by atoms with Crippen LogP contribution < -0.4 is 10.5 Å². The summed E-state index contributed by atoms with van der Waals surface area (Å²) >= 11 is 1.67. The molecule has 0 fully saturated rings. The zero-order chi connectivity index (χ0) is 14.5. The van der Waals surface area contributed by atoms with Gasteiger partial charge in [0.25, 0.3) is 0 Å². The molecule has 0 saturated carbocycles. The molecule has 1 aromatic carbocycles. The smallest absolute Gasteiger partial charge is 0.139 e. The Hall–Kier alpha value is -1.32. The highest BCUT2D eigenvalue weighted by Crippen LogP contribution is 2.27. The zero-order valence-electron chi connectivity index (χ0n) is 12.4. The predicted molar refractivity (Wildman–Crippen MR) is 86.5 cm³/mol. The number of hydrogen-bond donors (Lipinski definition) is 1. The number of benzene rings is 1. The lowest BCUT2D eigenvalue weighted by molar-refractivity contribution is 0.181. The molecular weight excluding hydrogens is 266 g/mol. The Balaban J connectivity index is 2.11. The highest BCUT2D eigenvalue weighted by molar-refractivity contribution is 7.07. The second-order valence-corrected chi connectivity index (χ2v) is 6.11. The average molecular weight is 289 g/mol. The lowest BCUT2D eigenvalue weighted by atomic mass is 9.99. The van der Waals surface area contributed by atoms with Gasteiger partial charge in [0.1, 0.15) is 11.9 Å².